The average molecular weight is 516 g/mol. The Bertz CT molecular complexity index is 1530. The van der Waals surface area contributed by atoms with Crippen molar-refractivity contribution in [2.75, 3.05) is 17.1 Å². The summed E-state index contributed by atoms with van der Waals surface area (Å²) in [5.41, 5.74) is 0.727. The number of halogens is 3. The zero-order chi connectivity index (χ0) is 25.9. The number of aryl methyl sites for hydroxylation is 1. The number of pyridine rings is 1. The first-order valence-electron chi connectivity index (χ1n) is 10.5. The van der Waals surface area contributed by atoms with Crippen molar-refractivity contribution in [2.24, 2.45) is 0 Å². The highest BCUT2D eigenvalue weighted by atomic mass is 32.2. The van der Waals surface area contributed by atoms with Crippen molar-refractivity contribution < 1.29 is 26.3 Å². The summed E-state index contributed by atoms with van der Waals surface area (Å²) in [7, 11) is -2.63. The first-order valence-corrected chi connectivity index (χ1v) is 12.2. The Kier molecular flexibility index (Phi) is 7.06. The number of ether oxygens (including phenoxy) is 1. The van der Waals surface area contributed by atoms with Crippen LogP contribution in [0.25, 0.3) is 11.3 Å². The maximum Gasteiger partial charge on any atom is 0.237 e. The summed E-state index contributed by atoms with van der Waals surface area (Å²) in [6, 6.07) is 11.8. The largest absolute Gasteiger partial charge is 0.435 e. The van der Waals surface area contributed by atoms with Gasteiger partial charge < -0.3 is 10.1 Å². The third kappa shape index (κ3) is 5.54. The molecule has 0 radical (unpaired) electrons. The van der Waals surface area contributed by atoms with Gasteiger partial charge in [0, 0.05) is 25.5 Å². The van der Waals surface area contributed by atoms with Crippen LogP contribution >= 0.6 is 0 Å². The van der Waals surface area contributed by atoms with E-state index in [1.54, 1.807) is 61.2 Å². The van der Waals surface area contributed by atoms with Gasteiger partial charge in [0.2, 0.25) is 27.7 Å². The number of anilines is 2. The molecule has 0 aliphatic heterocycles. The van der Waals surface area contributed by atoms with Crippen molar-refractivity contribution in [3.05, 3.63) is 89.5 Å². The number of hydrogen-bond acceptors (Lipinski definition) is 7. The average Bonchev–Trinajstić information content (AvgIpc) is 2.85. The highest BCUT2D eigenvalue weighted by Gasteiger charge is 2.25. The van der Waals surface area contributed by atoms with E-state index in [4.69, 9.17) is 4.74 Å². The molecule has 2 heterocycles. The van der Waals surface area contributed by atoms with E-state index in [0.717, 1.165) is 5.56 Å². The fourth-order valence-corrected chi connectivity index (χ4v) is 4.54. The normalized spacial score (nSPS) is 11.2. The van der Waals surface area contributed by atoms with E-state index in [2.05, 4.69) is 20.3 Å². The number of nitrogens with one attached hydrogen (secondary N) is 2. The maximum atomic E-state index is 14.9. The lowest BCUT2D eigenvalue weighted by molar-refractivity contribution is 0.401. The minimum atomic E-state index is -4.26. The van der Waals surface area contributed by atoms with Gasteiger partial charge in [-0.2, -0.15) is 4.39 Å². The Hall–Kier alpha value is -4.19. The predicted molar refractivity (Wildman–Crippen MR) is 129 cm³/mol. The molecule has 4 aromatic rings. The van der Waals surface area contributed by atoms with Crippen LogP contribution in [0.2, 0.25) is 0 Å². The molecule has 0 fully saturated rings. The molecule has 0 aliphatic rings. The van der Waals surface area contributed by atoms with Crippen molar-refractivity contribution >= 4 is 21.7 Å². The van der Waals surface area contributed by atoms with E-state index in [0.29, 0.717) is 28.8 Å². The summed E-state index contributed by atoms with van der Waals surface area (Å²) in [6.45, 7) is 1.77. The second-order valence-electron chi connectivity index (χ2n) is 7.68. The maximum absolute atomic E-state index is 14.9. The lowest BCUT2D eigenvalue weighted by atomic mass is 10.2. The zero-order valence-corrected chi connectivity index (χ0v) is 19.9. The standard InChI is InChI=1S/C24H20F3N5O3S/c1-14-5-3-6-15(11-14)13-36(33,34)32-22-17(25)12-19(20(26)21(22)27)35-23-16(7-4-9-29-23)18-8-10-30-24(28-2)31-18/h3-12,32H,13H2,1-2H3,(H,28,30,31). The van der Waals surface area contributed by atoms with Crippen LogP contribution in [-0.4, -0.2) is 30.4 Å². The smallest absolute Gasteiger partial charge is 0.237 e. The molecule has 0 aliphatic carbocycles. The predicted octanol–water partition coefficient (Wildman–Crippen LogP) is 5.04. The summed E-state index contributed by atoms with van der Waals surface area (Å²) in [4.78, 5) is 12.3. The molecule has 2 N–H and O–H groups in total. The molecule has 2 aromatic heterocycles. The molecule has 0 spiro atoms. The summed E-state index contributed by atoms with van der Waals surface area (Å²) in [5, 5.41) is 2.77. The fourth-order valence-electron chi connectivity index (χ4n) is 3.35. The van der Waals surface area contributed by atoms with Gasteiger partial charge in [-0.25, -0.2) is 32.2 Å². The van der Waals surface area contributed by atoms with Crippen molar-refractivity contribution in [1.29, 1.82) is 0 Å². The second kappa shape index (κ2) is 10.2. The van der Waals surface area contributed by atoms with Gasteiger partial charge in [0.1, 0.15) is 5.69 Å². The SMILES string of the molecule is CNc1nccc(-c2cccnc2Oc2cc(F)c(NS(=O)(=O)Cc3cccc(C)c3)c(F)c2F)n1. The van der Waals surface area contributed by atoms with Crippen LogP contribution in [0.5, 0.6) is 11.6 Å². The van der Waals surface area contributed by atoms with Crippen LogP contribution in [0.3, 0.4) is 0 Å². The number of sulfonamides is 1. The van der Waals surface area contributed by atoms with Gasteiger partial charge >= 0.3 is 0 Å². The molecular formula is C24H20F3N5O3S. The molecule has 36 heavy (non-hydrogen) atoms. The minimum Gasteiger partial charge on any atom is -0.435 e. The van der Waals surface area contributed by atoms with Crippen molar-refractivity contribution in [2.45, 2.75) is 12.7 Å². The molecule has 8 nitrogen and oxygen atoms in total. The van der Waals surface area contributed by atoms with Crippen molar-refractivity contribution in [1.82, 2.24) is 15.0 Å². The molecule has 4 rings (SSSR count). The molecule has 0 saturated heterocycles. The lowest BCUT2D eigenvalue weighted by Gasteiger charge is -2.14. The quantitative estimate of drug-likeness (QED) is 0.317. The van der Waals surface area contributed by atoms with Gasteiger partial charge in [0.25, 0.3) is 0 Å². The topological polar surface area (TPSA) is 106 Å². The van der Waals surface area contributed by atoms with Crippen LogP contribution in [0.4, 0.5) is 24.8 Å². The highest BCUT2D eigenvalue weighted by molar-refractivity contribution is 7.91. The molecule has 0 unspecified atom stereocenters. The third-order valence-electron chi connectivity index (χ3n) is 4.95. The molecule has 186 valence electrons. The molecule has 0 bridgehead atoms. The van der Waals surface area contributed by atoms with Crippen molar-refractivity contribution in [3.63, 3.8) is 0 Å². The number of benzene rings is 2. The van der Waals surface area contributed by atoms with Crippen LogP contribution in [0, 0.1) is 24.4 Å². The Morgan fingerprint density at radius 3 is 2.53 bits per heavy atom. The van der Waals surface area contributed by atoms with Crippen molar-refractivity contribution in [3.8, 4) is 22.9 Å². The molecule has 12 heteroatoms. The monoisotopic (exact) mass is 515 g/mol. The molecule has 0 atom stereocenters. The fraction of sp³-hybridized carbons (Fsp3) is 0.125. The Labute approximate surface area is 205 Å². The van der Waals surface area contributed by atoms with Crippen LogP contribution < -0.4 is 14.8 Å². The van der Waals surface area contributed by atoms with E-state index in [-0.39, 0.29) is 5.88 Å². The number of nitrogens with zero attached hydrogens (tertiary/aromatic N) is 3. The van der Waals surface area contributed by atoms with E-state index >= 15 is 0 Å². The van der Waals surface area contributed by atoms with E-state index in [1.165, 1.54) is 12.4 Å². The summed E-state index contributed by atoms with van der Waals surface area (Å²) < 4.78 is 76.7. The van der Waals surface area contributed by atoms with Gasteiger partial charge in [0.15, 0.2) is 17.4 Å². The van der Waals surface area contributed by atoms with E-state index in [9.17, 15) is 21.6 Å². The van der Waals surface area contributed by atoms with Gasteiger partial charge in [-0.05, 0) is 30.7 Å². The third-order valence-corrected chi connectivity index (χ3v) is 6.18. The van der Waals surface area contributed by atoms with Crippen LogP contribution in [0.15, 0.2) is 60.9 Å². The van der Waals surface area contributed by atoms with E-state index < -0.39 is 44.7 Å². The number of rotatable bonds is 8. The van der Waals surface area contributed by atoms with E-state index in [1.807, 2.05) is 0 Å². The summed E-state index contributed by atoms with van der Waals surface area (Å²) in [5.74, 6) is -5.98. The Balaban J connectivity index is 1.63. The van der Waals surface area contributed by atoms with Gasteiger partial charge in [-0.1, -0.05) is 29.8 Å². The molecule has 0 amide bonds. The minimum absolute atomic E-state index is 0.177. The molecule has 2 aromatic carbocycles. The first kappa shape index (κ1) is 24.9. The second-order valence-corrected chi connectivity index (χ2v) is 9.41. The summed E-state index contributed by atoms with van der Waals surface area (Å²) in [6.07, 6.45) is 2.82. The molecule has 0 saturated carbocycles. The van der Waals surface area contributed by atoms with Gasteiger partial charge in [-0.3, -0.25) is 4.72 Å². The van der Waals surface area contributed by atoms with Gasteiger partial charge in [-0.15, -0.1) is 0 Å². The number of aromatic nitrogens is 3. The highest BCUT2D eigenvalue weighted by Crippen LogP contribution is 2.35. The van der Waals surface area contributed by atoms with Crippen LogP contribution in [-0.2, 0) is 15.8 Å². The molecular weight excluding hydrogens is 495 g/mol. The Morgan fingerprint density at radius 1 is 0.972 bits per heavy atom. The van der Waals surface area contributed by atoms with Crippen LogP contribution in [0.1, 0.15) is 11.1 Å². The summed E-state index contributed by atoms with van der Waals surface area (Å²) >= 11 is 0. The Morgan fingerprint density at radius 2 is 1.78 bits per heavy atom. The lowest BCUT2D eigenvalue weighted by Crippen LogP contribution is -2.18. The first-order chi connectivity index (χ1) is 17.2. The number of hydrogen-bond donors (Lipinski definition) is 2. The zero-order valence-electron chi connectivity index (χ0n) is 19.1. The van der Waals surface area contributed by atoms with Gasteiger partial charge in [0.05, 0.1) is 17.0 Å².